The summed E-state index contributed by atoms with van der Waals surface area (Å²) in [5, 5.41) is 8.99. The highest BCUT2D eigenvalue weighted by Gasteiger charge is 2.25. The molecule has 0 saturated carbocycles. The monoisotopic (exact) mass is 289 g/mol. The molecular formula is C15H15NO5. The van der Waals surface area contributed by atoms with Crippen LogP contribution in [-0.2, 0) is 16.1 Å². The van der Waals surface area contributed by atoms with E-state index in [1.54, 1.807) is 37.3 Å². The Labute approximate surface area is 121 Å². The summed E-state index contributed by atoms with van der Waals surface area (Å²) >= 11 is 0. The number of carbonyl (C=O) groups excluding carboxylic acids is 2. The number of esters is 1. The fourth-order valence-electron chi connectivity index (χ4n) is 1.91. The average Bonchev–Trinajstić information content (AvgIpc) is 2.86. The minimum Gasteiger partial charge on any atom is -0.463 e. The van der Waals surface area contributed by atoms with Gasteiger partial charge in [0.2, 0.25) is 6.10 Å². The summed E-state index contributed by atoms with van der Waals surface area (Å²) in [6.07, 6.45) is -1.18. The van der Waals surface area contributed by atoms with E-state index in [1.807, 2.05) is 0 Å². The van der Waals surface area contributed by atoms with E-state index in [0.717, 1.165) is 0 Å². The van der Waals surface area contributed by atoms with Gasteiger partial charge in [-0.1, -0.05) is 30.3 Å². The minimum atomic E-state index is -1.18. The lowest BCUT2D eigenvalue weighted by Gasteiger charge is -2.14. The molecule has 1 unspecified atom stereocenters. The van der Waals surface area contributed by atoms with Crippen LogP contribution < -0.4 is 5.73 Å². The number of aryl methyl sites for hydroxylation is 1. The highest BCUT2D eigenvalue weighted by Crippen LogP contribution is 2.22. The number of ether oxygens (including phenoxy) is 1. The molecule has 0 spiro atoms. The summed E-state index contributed by atoms with van der Waals surface area (Å²) in [6, 6.07) is 9.87. The van der Waals surface area contributed by atoms with Gasteiger partial charge in [0.25, 0.3) is 5.91 Å². The molecule has 1 aromatic carbocycles. The standard InChI is InChI=1S/C15H15NO5/c1-9-12(7-11(8-17)20-9)15(19)21-13(14(16)18)10-5-3-2-4-6-10/h2-7,13,17H,8H2,1H3,(H2,16,18). The van der Waals surface area contributed by atoms with Crippen LogP contribution in [0.15, 0.2) is 40.8 Å². The molecule has 0 fully saturated rings. The second kappa shape index (κ2) is 6.23. The lowest BCUT2D eigenvalue weighted by atomic mass is 10.1. The van der Waals surface area contributed by atoms with Gasteiger partial charge in [-0.2, -0.15) is 0 Å². The maximum atomic E-state index is 12.1. The van der Waals surface area contributed by atoms with Gasteiger partial charge in [-0.05, 0) is 13.0 Å². The highest BCUT2D eigenvalue weighted by atomic mass is 16.5. The normalized spacial score (nSPS) is 11.9. The second-order valence-electron chi connectivity index (χ2n) is 4.44. The van der Waals surface area contributed by atoms with Crippen molar-refractivity contribution >= 4 is 11.9 Å². The van der Waals surface area contributed by atoms with Crippen molar-refractivity contribution in [2.45, 2.75) is 19.6 Å². The van der Waals surface area contributed by atoms with E-state index in [0.29, 0.717) is 11.3 Å². The molecule has 0 radical (unpaired) electrons. The van der Waals surface area contributed by atoms with Gasteiger partial charge in [0.15, 0.2) is 0 Å². The Hall–Kier alpha value is -2.60. The van der Waals surface area contributed by atoms with Gasteiger partial charge in [-0.25, -0.2) is 4.79 Å². The Morgan fingerprint density at radius 2 is 2.00 bits per heavy atom. The SMILES string of the molecule is Cc1oc(CO)cc1C(=O)OC(C(N)=O)c1ccccc1. The molecule has 0 saturated heterocycles. The third-order valence-corrected chi connectivity index (χ3v) is 2.93. The second-order valence-corrected chi connectivity index (χ2v) is 4.44. The Morgan fingerprint density at radius 1 is 1.33 bits per heavy atom. The highest BCUT2D eigenvalue weighted by molar-refractivity contribution is 5.93. The molecule has 110 valence electrons. The van der Waals surface area contributed by atoms with Crippen molar-refractivity contribution in [3.05, 3.63) is 59.0 Å². The molecule has 21 heavy (non-hydrogen) atoms. The van der Waals surface area contributed by atoms with E-state index >= 15 is 0 Å². The Bertz CT molecular complexity index is 647. The van der Waals surface area contributed by atoms with Crippen LogP contribution in [0.2, 0.25) is 0 Å². The number of amides is 1. The zero-order valence-corrected chi connectivity index (χ0v) is 11.4. The molecule has 3 N–H and O–H groups in total. The lowest BCUT2D eigenvalue weighted by Crippen LogP contribution is -2.26. The molecule has 1 amide bonds. The zero-order valence-electron chi connectivity index (χ0n) is 11.4. The molecule has 1 heterocycles. The zero-order chi connectivity index (χ0) is 15.4. The number of furan rings is 1. The number of nitrogens with two attached hydrogens (primary N) is 1. The summed E-state index contributed by atoms with van der Waals surface area (Å²) in [4.78, 5) is 23.6. The van der Waals surface area contributed by atoms with Crippen molar-refractivity contribution in [3.8, 4) is 0 Å². The van der Waals surface area contributed by atoms with Crippen molar-refractivity contribution in [1.82, 2.24) is 0 Å². The van der Waals surface area contributed by atoms with Crippen LogP contribution in [0, 0.1) is 6.92 Å². The predicted octanol–water partition coefficient (Wildman–Crippen LogP) is 1.46. The maximum Gasteiger partial charge on any atom is 0.342 e. The summed E-state index contributed by atoms with van der Waals surface area (Å²) in [5.74, 6) is -0.947. The third-order valence-electron chi connectivity index (χ3n) is 2.93. The molecule has 2 aromatic rings. The van der Waals surface area contributed by atoms with Crippen LogP contribution in [0.25, 0.3) is 0 Å². The number of primary amides is 1. The van der Waals surface area contributed by atoms with Crippen LogP contribution in [0.1, 0.15) is 33.5 Å². The summed E-state index contributed by atoms with van der Waals surface area (Å²) < 4.78 is 10.3. The number of hydrogen-bond acceptors (Lipinski definition) is 5. The molecule has 1 atom stereocenters. The van der Waals surface area contributed by atoms with E-state index in [9.17, 15) is 9.59 Å². The number of carbonyl (C=O) groups is 2. The van der Waals surface area contributed by atoms with Crippen molar-refractivity contribution < 1.29 is 23.8 Å². The van der Waals surface area contributed by atoms with Gasteiger partial charge in [-0.15, -0.1) is 0 Å². The number of benzene rings is 1. The number of aliphatic hydroxyl groups is 1. The van der Waals surface area contributed by atoms with Crippen LogP contribution in [0.5, 0.6) is 0 Å². The molecular weight excluding hydrogens is 274 g/mol. The molecule has 6 heteroatoms. The Kier molecular flexibility index (Phi) is 4.39. The lowest BCUT2D eigenvalue weighted by molar-refractivity contribution is -0.127. The van der Waals surface area contributed by atoms with Crippen molar-refractivity contribution in [1.29, 1.82) is 0 Å². The fourth-order valence-corrected chi connectivity index (χ4v) is 1.91. The van der Waals surface area contributed by atoms with E-state index < -0.39 is 18.0 Å². The Morgan fingerprint density at radius 3 is 2.52 bits per heavy atom. The Balaban J connectivity index is 2.23. The molecule has 6 nitrogen and oxygen atoms in total. The van der Waals surface area contributed by atoms with Gasteiger partial charge in [0.1, 0.15) is 23.7 Å². The van der Waals surface area contributed by atoms with Crippen LogP contribution in [-0.4, -0.2) is 17.0 Å². The molecule has 1 aromatic heterocycles. The topological polar surface area (TPSA) is 103 Å². The van der Waals surface area contributed by atoms with Crippen molar-refractivity contribution in [2.24, 2.45) is 5.73 Å². The quantitative estimate of drug-likeness (QED) is 0.811. The van der Waals surface area contributed by atoms with Gasteiger partial charge in [-0.3, -0.25) is 4.79 Å². The summed E-state index contributed by atoms with van der Waals surface area (Å²) in [6.45, 7) is 1.24. The maximum absolute atomic E-state index is 12.1. The first-order valence-corrected chi connectivity index (χ1v) is 6.28. The van der Waals surface area contributed by atoms with E-state index in [4.69, 9.17) is 20.0 Å². The van der Waals surface area contributed by atoms with Crippen molar-refractivity contribution in [3.63, 3.8) is 0 Å². The first-order chi connectivity index (χ1) is 10.0. The van der Waals surface area contributed by atoms with E-state index in [-0.39, 0.29) is 17.9 Å². The average molecular weight is 289 g/mol. The number of rotatable bonds is 5. The summed E-state index contributed by atoms with van der Waals surface area (Å²) in [5.41, 5.74) is 5.93. The van der Waals surface area contributed by atoms with Gasteiger partial charge in [0, 0.05) is 5.56 Å². The van der Waals surface area contributed by atoms with Gasteiger partial charge < -0.3 is 20.0 Å². The fraction of sp³-hybridized carbons (Fsp3) is 0.200. The molecule has 0 bridgehead atoms. The predicted molar refractivity (Wildman–Crippen MR) is 73.2 cm³/mol. The molecule has 0 aliphatic carbocycles. The number of hydrogen-bond donors (Lipinski definition) is 2. The van der Waals surface area contributed by atoms with Crippen LogP contribution in [0.3, 0.4) is 0 Å². The summed E-state index contributed by atoms with van der Waals surface area (Å²) in [7, 11) is 0. The first-order valence-electron chi connectivity index (χ1n) is 6.28. The van der Waals surface area contributed by atoms with Gasteiger partial charge in [0.05, 0.1) is 0 Å². The van der Waals surface area contributed by atoms with E-state index in [2.05, 4.69) is 0 Å². The number of aliphatic hydroxyl groups excluding tert-OH is 1. The van der Waals surface area contributed by atoms with Crippen LogP contribution in [0.4, 0.5) is 0 Å². The van der Waals surface area contributed by atoms with Crippen LogP contribution >= 0.6 is 0 Å². The molecule has 2 rings (SSSR count). The largest absolute Gasteiger partial charge is 0.463 e. The smallest absolute Gasteiger partial charge is 0.342 e. The van der Waals surface area contributed by atoms with Crippen molar-refractivity contribution in [2.75, 3.05) is 0 Å². The molecule has 0 aliphatic rings. The molecule has 0 aliphatic heterocycles. The van der Waals surface area contributed by atoms with Gasteiger partial charge >= 0.3 is 5.97 Å². The first kappa shape index (κ1) is 14.8. The third kappa shape index (κ3) is 3.29. The minimum absolute atomic E-state index is 0.154. The van der Waals surface area contributed by atoms with E-state index in [1.165, 1.54) is 6.07 Å².